The number of nitrogens with one attached hydrogen (secondary N) is 4. The van der Waals surface area contributed by atoms with E-state index in [-0.39, 0.29) is 24.0 Å². The summed E-state index contributed by atoms with van der Waals surface area (Å²) in [5.74, 6) is 0.741. The van der Waals surface area contributed by atoms with Gasteiger partial charge in [-0.25, -0.2) is 4.79 Å². The Morgan fingerprint density at radius 2 is 1.90 bits per heavy atom. The summed E-state index contributed by atoms with van der Waals surface area (Å²) in [7, 11) is 0. The second kappa shape index (κ2) is 11.9. The Morgan fingerprint density at radius 1 is 1.17 bits per heavy atom. The molecule has 0 spiro atoms. The van der Waals surface area contributed by atoms with Gasteiger partial charge in [-0.15, -0.1) is 24.0 Å². The molecule has 0 unspecified atom stereocenters. The number of H-pyrrole nitrogens is 1. The van der Waals surface area contributed by atoms with Crippen LogP contribution in [-0.4, -0.2) is 48.8 Å². The molecule has 7 nitrogen and oxygen atoms in total. The van der Waals surface area contributed by atoms with Crippen LogP contribution in [0.2, 0.25) is 0 Å². The van der Waals surface area contributed by atoms with E-state index in [1.807, 2.05) is 27.7 Å². The number of ether oxygens (including phenoxy) is 1. The van der Waals surface area contributed by atoms with Crippen LogP contribution in [0.4, 0.5) is 4.79 Å². The predicted molar refractivity (Wildman–Crippen MR) is 130 cm³/mol. The number of hydrogen-bond acceptors (Lipinski definition) is 3. The predicted octanol–water partition coefficient (Wildman–Crippen LogP) is 3.72. The lowest BCUT2D eigenvalue weighted by molar-refractivity contribution is 0.0529. The van der Waals surface area contributed by atoms with Crippen LogP contribution in [-0.2, 0) is 11.2 Å². The lowest BCUT2D eigenvalue weighted by Gasteiger charge is -2.19. The van der Waals surface area contributed by atoms with Crippen LogP contribution >= 0.6 is 24.0 Å². The van der Waals surface area contributed by atoms with Gasteiger partial charge in [0.25, 0.3) is 0 Å². The number of benzene rings is 1. The van der Waals surface area contributed by atoms with Crippen molar-refractivity contribution < 1.29 is 9.53 Å². The molecule has 1 aromatic heterocycles. The number of aromatic nitrogens is 1. The van der Waals surface area contributed by atoms with Crippen molar-refractivity contribution >= 4 is 46.9 Å². The largest absolute Gasteiger partial charge is 0.444 e. The molecule has 0 atom stereocenters. The van der Waals surface area contributed by atoms with Crippen LogP contribution in [0.1, 0.15) is 38.8 Å². The Labute approximate surface area is 190 Å². The molecule has 4 N–H and O–H groups in total. The molecule has 1 amide bonds. The maximum Gasteiger partial charge on any atom is 0.407 e. The summed E-state index contributed by atoms with van der Waals surface area (Å²) in [6.07, 6.45) is 2.52. The molecule has 0 fully saturated rings. The van der Waals surface area contributed by atoms with Crippen LogP contribution in [0.3, 0.4) is 0 Å². The quantitative estimate of drug-likeness (QED) is 0.196. The minimum atomic E-state index is -0.491. The first-order valence-electron chi connectivity index (χ1n) is 9.84. The molecule has 2 aromatic rings. The Bertz CT molecular complexity index is 811. The van der Waals surface area contributed by atoms with Gasteiger partial charge in [0.05, 0.1) is 0 Å². The third kappa shape index (κ3) is 8.51. The number of carbonyl (C=O) groups excluding carboxylic acids is 1. The average Bonchev–Trinajstić information content (AvgIpc) is 3.01. The number of amides is 1. The number of rotatable bonds is 7. The number of nitrogens with zero attached hydrogens (tertiary/aromatic N) is 1. The van der Waals surface area contributed by atoms with Gasteiger partial charge in [0.1, 0.15) is 5.60 Å². The van der Waals surface area contributed by atoms with Gasteiger partial charge in [-0.1, -0.05) is 12.1 Å². The molecule has 8 heteroatoms. The first-order chi connectivity index (χ1) is 13.3. The molecule has 2 rings (SSSR count). The maximum absolute atomic E-state index is 11.7. The number of aromatic amines is 1. The van der Waals surface area contributed by atoms with Crippen LogP contribution in [0, 0.1) is 6.92 Å². The first-order valence-corrected chi connectivity index (χ1v) is 9.84. The van der Waals surface area contributed by atoms with E-state index in [1.54, 1.807) is 0 Å². The van der Waals surface area contributed by atoms with E-state index in [0.717, 1.165) is 24.4 Å². The summed E-state index contributed by atoms with van der Waals surface area (Å²) in [6, 6.07) is 6.29. The Hall–Kier alpha value is -1.97. The van der Waals surface area contributed by atoms with E-state index in [9.17, 15) is 4.79 Å². The van der Waals surface area contributed by atoms with E-state index < -0.39 is 11.7 Å². The summed E-state index contributed by atoms with van der Waals surface area (Å²) in [6.45, 7) is 12.2. The van der Waals surface area contributed by atoms with Gasteiger partial charge in [-0.05, 0) is 58.2 Å². The van der Waals surface area contributed by atoms with Crippen molar-refractivity contribution in [3.63, 3.8) is 0 Å². The van der Waals surface area contributed by atoms with E-state index >= 15 is 0 Å². The summed E-state index contributed by atoms with van der Waals surface area (Å²) < 4.78 is 5.22. The number of aryl methyl sites for hydroxylation is 1. The van der Waals surface area contributed by atoms with Crippen molar-refractivity contribution in [1.82, 2.24) is 20.9 Å². The van der Waals surface area contributed by atoms with Gasteiger partial charge in [-0.3, -0.25) is 4.99 Å². The monoisotopic (exact) mass is 515 g/mol. The average molecular weight is 515 g/mol. The minimum Gasteiger partial charge on any atom is -0.444 e. The van der Waals surface area contributed by atoms with Gasteiger partial charge in [0.15, 0.2) is 5.96 Å². The highest BCUT2D eigenvalue weighted by Crippen LogP contribution is 2.22. The fraction of sp³-hybridized carbons (Fsp3) is 0.524. The number of halogens is 1. The second-order valence-corrected chi connectivity index (χ2v) is 7.68. The first kappa shape index (κ1) is 25.1. The fourth-order valence-corrected chi connectivity index (χ4v) is 2.94. The van der Waals surface area contributed by atoms with Gasteiger partial charge in [0.2, 0.25) is 0 Å². The molecule has 0 aliphatic heterocycles. The highest BCUT2D eigenvalue weighted by molar-refractivity contribution is 14.0. The van der Waals surface area contributed by atoms with Crippen molar-refractivity contribution in [3.8, 4) is 0 Å². The molecule has 29 heavy (non-hydrogen) atoms. The lowest BCUT2D eigenvalue weighted by Crippen LogP contribution is -2.42. The van der Waals surface area contributed by atoms with Gasteiger partial charge in [0, 0.05) is 43.3 Å². The van der Waals surface area contributed by atoms with Crippen molar-refractivity contribution in [2.75, 3.05) is 26.2 Å². The number of hydrogen-bond donors (Lipinski definition) is 4. The zero-order chi connectivity index (χ0) is 20.6. The molecule has 1 heterocycles. The molecular weight excluding hydrogens is 481 g/mol. The van der Waals surface area contributed by atoms with E-state index in [4.69, 9.17) is 4.74 Å². The van der Waals surface area contributed by atoms with Crippen LogP contribution in [0.15, 0.2) is 29.4 Å². The highest BCUT2D eigenvalue weighted by atomic mass is 127. The second-order valence-electron chi connectivity index (χ2n) is 7.68. The summed E-state index contributed by atoms with van der Waals surface area (Å²) in [5.41, 5.74) is 3.22. The smallest absolute Gasteiger partial charge is 0.407 e. The number of guanidine groups is 1. The van der Waals surface area contributed by atoms with Crippen molar-refractivity contribution in [3.05, 3.63) is 35.5 Å². The Kier molecular flexibility index (Phi) is 10.3. The molecule has 0 saturated carbocycles. The zero-order valence-electron chi connectivity index (χ0n) is 18.0. The third-order valence-electron chi connectivity index (χ3n) is 4.08. The van der Waals surface area contributed by atoms with Crippen molar-refractivity contribution in [2.24, 2.45) is 4.99 Å². The molecule has 0 saturated heterocycles. The van der Waals surface area contributed by atoms with Crippen molar-refractivity contribution in [1.29, 1.82) is 0 Å². The molecular formula is C21H34IN5O2. The van der Waals surface area contributed by atoms with Crippen LogP contribution < -0.4 is 16.0 Å². The van der Waals surface area contributed by atoms with Crippen molar-refractivity contribution in [2.45, 2.75) is 46.6 Å². The van der Waals surface area contributed by atoms with Crippen LogP contribution in [0.25, 0.3) is 10.9 Å². The normalized spacial score (nSPS) is 11.7. The molecule has 162 valence electrons. The Balaban J connectivity index is 0.00000420. The highest BCUT2D eigenvalue weighted by Gasteiger charge is 2.15. The van der Waals surface area contributed by atoms with E-state index in [2.05, 4.69) is 57.2 Å². The Morgan fingerprint density at radius 3 is 2.59 bits per heavy atom. The van der Waals surface area contributed by atoms with Crippen LogP contribution in [0.5, 0.6) is 0 Å². The summed E-state index contributed by atoms with van der Waals surface area (Å²) in [4.78, 5) is 19.6. The zero-order valence-corrected chi connectivity index (χ0v) is 20.3. The maximum atomic E-state index is 11.7. The number of aliphatic imine (C=N–C) groups is 1. The number of fused-ring (bicyclic) bond motifs is 1. The van der Waals surface area contributed by atoms with E-state index in [0.29, 0.717) is 19.6 Å². The van der Waals surface area contributed by atoms with Gasteiger partial charge in [-0.2, -0.15) is 0 Å². The number of alkyl carbamates (subject to hydrolysis) is 1. The molecule has 0 bridgehead atoms. The van der Waals surface area contributed by atoms with Gasteiger partial charge < -0.3 is 25.7 Å². The summed E-state index contributed by atoms with van der Waals surface area (Å²) >= 11 is 0. The SMILES string of the molecule is CCNC(=NCCc1c[nH]c2cccc(C)c12)NCCNC(=O)OC(C)(C)C.I. The molecule has 0 aliphatic rings. The topological polar surface area (TPSA) is 90.5 Å². The van der Waals surface area contributed by atoms with E-state index in [1.165, 1.54) is 16.5 Å². The lowest BCUT2D eigenvalue weighted by atomic mass is 10.1. The number of carbonyl (C=O) groups is 1. The standard InChI is InChI=1S/C21H33N5O2.HI/c1-6-22-19(24-12-13-25-20(27)28-21(3,4)5)23-11-10-16-14-26-17-9-7-8-15(2)18(16)17;/h7-9,14,26H,6,10-13H2,1-5H3,(H,25,27)(H2,22,23,24);1H. The molecule has 1 aromatic carbocycles. The molecule has 0 radical (unpaired) electrons. The molecule has 0 aliphatic carbocycles. The third-order valence-corrected chi connectivity index (χ3v) is 4.08. The minimum absolute atomic E-state index is 0. The fourth-order valence-electron chi connectivity index (χ4n) is 2.94. The summed E-state index contributed by atoms with van der Waals surface area (Å²) in [5, 5.41) is 10.5. The van der Waals surface area contributed by atoms with Gasteiger partial charge >= 0.3 is 6.09 Å².